The number of carbonyl (C=O) groups is 1. The molecule has 0 aliphatic carbocycles. The van der Waals surface area contributed by atoms with Crippen molar-refractivity contribution in [2.24, 2.45) is 11.7 Å². The fourth-order valence-corrected chi connectivity index (χ4v) is 2.67. The van der Waals surface area contributed by atoms with E-state index < -0.39 is 0 Å². The summed E-state index contributed by atoms with van der Waals surface area (Å²) in [5.41, 5.74) is 8.70. The Hall–Kier alpha value is -1.35. The summed E-state index contributed by atoms with van der Waals surface area (Å²) < 4.78 is 0. The number of likely N-dealkylation sites (tertiary alicyclic amines) is 1. The van der Waals surface area contributed by atoms with E-state index in [2.05, 4.69) is 38.1 Å². The molecule has 2 atom stereocenters. The fraction of sp³-hybridized carbons (Fsp3) is 0.562. The van der Waals surface area contributed by atoms with E-state index in [-0.39, 0.29) is 17.9 Å². The lowest BCUT2D eigenvalue weighted by molar-refractivity contribution is -0.127. The van der Waals surface area contributed by atoms with E-state index in [9.17, 15) is 4.79 Å². The van der Waals surface area contributed by atoms with Gasteiger partial charge in [-0.25, -0.2) is 0 Å². The van der Waals surface area contributed by atoms with Crippen molar-refractivity contribution in [1.29, 1.82) is 0 Å². The summed E-state index contributed by atoms with van der Waals surface area (Å²) in [5.74, 6) is 0.521. The number of rotatable bonds is 5. The van der Waals surface area contributed by atoms with Crippen LogP contribution in [0.3, 0.4) is 0 Å². The normalized spacial score (nSPS) is 20.9. The van der Waals surface area contributed by atoms with Gasteiger partial charge in [-0.15, -0.1) is 0 Å². The molecule has 0 saturated carbocycles. The first kappa shape index (κ1) is 14.1. The molecule has 1 saturated heterocycles. The highest BCUT2D eigenvalue weighted by atomic mass is 16.2. The molecule has 0 bridgehead atoms. The van der Waals surface area contributed by atoms with Crippen LogP contribution >= 0.6 is 0 Å². The van der Waals surface area contributed by atoms with E-state index in [4.69, 9.17) is 5.73 Å². The van der Waals surface area contributed by atoms with Crippen LogP contribution in [0.15, 0.2) is 24.3 Å². The second kappa shape index (κ2) is 6.20. The molecule has 1 aromatic carbocycles. The highest BCUT2D eigenvalue weighted by Gasteiger charge is 2.33. The highest BCUT2D eigenvalue weighted by Crippen LogP contribution is 2.29. The lowest BCUT2D eigenvalue weighted by atomic mass is 9.92. The smallest absolute Gasteiger partial charge is 0.222 e. The number of aryl methyl sites for hydroxylation is 1. The van der Waals surface area contributed by atoms with Gasteiger partial charge in [0.1, 0.15) is 0 Å². The average Bonchev–Trinajstić information content (AvgIpc) is 2.78. The average molecular weight is 260 g/mol. The summed E-state index contributed by atoms with van der Waals surface area (Å²) >= 11 is 0. The Kier molecular flexibility index (Phi) is 4.59. The Balaban J connectivity index is 1.99. The van der Waals surface area contributed by atoms with E-state index >= 15 is 0 Å². The molecule has 0 spiro atoms. The van der Waals surface area contributed by atoms with Gasteiger partial charge in [0.25, 0.3) is 0 Å². The molecular formula is C16H24N2O. The molecule has 0 radical (unpaired) electrons. The third-order valence-electron chi connectivity index (χ3n) is 4.00. The van der Waals surface area contributed by atoms with E-state index in [0.29, 0.717) is 6.42 Å². The van der Waals surface area contributed by atoms with Gasteiger partial charge in [-0.3, -0.25) is 4.79 Å². The second-order valence-electron chi connectivity index (χ2n) is 5.59. The number of carbonyl (C=O) groups excluding carboxylic acids is 1. The summed E-state index contributed by atoms with van der Waals surface area (Å²) in [4.78, 5) is 13.9. The molecule has 1 heterocycles. The first-order valence-corrected chi connectivity index (χ1v) is 7.21. The van der Waals surface area contributed by atoms with E-state index in [0.717, 1.165) is 31.5 Å². The van der Waals surface area contributed by atoms with Crippen LogP contribution in [0.4, 0.5) is 0 Å². The van der Waals surface area contributed by atoms with Crippen LogP contribution in [-0.4, -0.2) is 23.9 Å². The van der Waals surface area contributed by atoms with E-state index in [1.165, 1.54) is 5.56 Å². The van der Waals surface area contributed by atoms with Gasteiger partial charge in [0.2, 0.25) is 5.91 Å². The summed E-state index contributed by atoms with van der Waals surface area (Å²) in [7, 11) is 0. The van der Waals surface area contributed by atoms with Gasteiger partial charge in [-0.05, 0) is 18.9 Å². The van der Waals surface area contributed by atoms with E-state index in [1.54, 1.807) is 0 Å². The first-order valence-electron chi connectivity index (χ1n) is 7.21. The minimum atomic E-state index is -0.0313. The number of unbranched alkanes of at least 4 members (excludes halogenated alkanes) is 1. The quantitative estimate of drug-likeness (QED) is 0.884. The molecular weight excluding hydrogens is 236 g/mol. The monoisotopic (exact) mass is 260 g/mol. The molecule has 3 nitrogen and oxygen atoms in total. The Labute approximate surface area is 115 Å². The largest absolute Gasteiger partial charge is 0.342 e. The van der Waals surface area contributed by atoms with Gasteiger partial charge >= 0.3 is 0 Å². The van der Waals surface area contributed by atoms with Gasteiger partial charge in [0.05, 0.1) is 0 Å². The maximum Gasteiger partial charge on any atom is 0.222 e. The van der Waals surface area contributed by atoms with Crippen molar-refractivity contribution in [2.75, 3.05) is 13.1 Å². The third-order valence-corrected chi connectivity index (χ3v) is 4.00. The molecule has 1 amide bonds. The van der Waals surface area contributed by atoms with Crippen molar-refractivity contribution in [3.8, 4) is 0 Å². The molecule has 19 heavy (non-hydrogen) atoms. The zero-order valence-electron chi connectivity index (χ0n) is 11.9. The van der Waals surface area contributed by atoms with Gasteiger partial charge < -0.3 is 10.6 Å². The molecule has 2 unspecified atom stereocenters. The van der Waals surface area contributed by atoms with Gasteiger partial charge in [0.15, 0.2) is 0 Å². The topological polar surface area (TPSA) is 46.3 Å². The van der Waals surface area contributed by atoms with Gasteiger partial charge in [-0.1, -0.05) is 43.2 Å². The van der Waals surface area contributed by atoms with Gasteiger partial charge in [0, 0.05) is 31.5 Å². The van der Waals surface area contributed by atoms with Crippen molar-refractivity contribution >= 4 is 5.91 Å². The summed E-state index contributed by atoms with van der Waals surface area (Å²) in [6.45, 7) is 5.91. The zero-order valence-corrected chi connectivity index (χ0v) is 11.9. The molecule has 1 fully saturated rings. The van der Waals surface area contributed by atoms with Crippen LogP contribution in [0.2, 0.25) is 0 Å². The fourth-order valence-electron chi connectivity index (χ4n) is 2.67. The zero-order chi connectivity index (χ0) is 13.8. The standard InChI is InChI=1S/C16H24N2O/c1-3-4-9-18-11-14(10-15(18)19)16(17)13-7-5-12(2)6-8-13/h5-8,14,16H,3-4,9-11,17H2,1-2H3. The Morgan fingerprint density at radius 3 is 2.68 bits per heavy atom. The lowest BCUT2D eigenvalue weighted by Crippen LogP contribution is -2.28. The van der Waals surface area contributed by atoms with Gasteiger partial charge in [-0.2, -0.15) is 0 Å². The predicted octanol–water partition coefficient (Wildman–Crippen LogP) is 2.64. The molecule has 1 aromatic rings. The minimum Gasteiger partial charge on any atom is -0.342 e. The third kappa shape index (κ3) is 3.35. The predicted molar refractivity (Wildman–Crippen MR) is 77.7 cm³/mol. The molecule has 2 N–H and O–H groups in total. The Morgan fingerprint density at radius 1 is 1.37 bits per heavy atom. The van der Waals surface area contributed by atoms with Crippen molar-refractivity contribution in [1.82, 2.24) is 4.90 Å². The SMILES string of the molecule is CCCCN1CC(C(N)c2ccc(C)cc2)CC1=O. The molecule has 1 aliphatic heterocycles. The number of amides is 1. The second-order valence-corrected chi connectivity index (χ2v) is 5.59. The number of benzene rings is 1. The highest BCUT2D eigenvalue weighted by molar-refractivity contribution is 5.78. The van der Waals surface area contributed by atoms with Crippen molar-refractivity contribution in [3.05, 3.63) is 35.4 Å². The molecule has 3 heteroatoms. The number of nitrogens with zero attached hydrogens (tertiary/aromatic N) is 1. The number of hydrogen-bond donors (Lipinski definition) is 1. The van der Waals surface area contributed by atoms with Crippen molar-refractivity contribution in [2.45, 2.75) is 39.2 Å². The maximum absolute atomic E-state index is 12.0. The molecule has 0 aromatic heterocycles. The molecule has 104 valence electrons. The lowest BCUT2D eigenvalue weighted by Gasteiger charge is -2.20. The van der Waals surface area contributed by atoms with Crippen LogP contribution < -0.4 is 5.73 Å². The summed E-state index contributed by atoms with van der Waals surface area (Å²) in [6, 6.07) is 8.30. The van der Waals surface area contributed by atoms with Crippen LogP contribution in [0, 0.1) is 12.8 Å². The van der Waals surface area contributed by atoms with Crippen LogP contribution in [0.5, 0.6) is 0 Å². The summed E-state index contributed by atoms with van der Waals surface area (Å²) in [6.07, 6.45) is 2.80. The van der Waals surface area contributed by atoms with E-state index in [1.807, 2.05) is 4.90 Å². The first-order chi connectivity index (χ1) is 9.11. The Bertz CT molecular complexity index is 427. The van der Waals surface area contributed by atoms with Crippen molar-refractivity contribution in [3.63, 3.8) is 0 Å². The molecule has 2 rings (SSSR count). The van der Waals surface area contributed by atoms with Crippen LogP contribution in [0.1, 0.15) is 43.4 Å². The van der Waals surface area contributed by atoms with Crippen molar-refractivity contribution < 1.29 is 4.79 Å². The Morgan fingerprint density at radius 2 is 2.05 bits per heavy atom. The minimum absolute atomic E-state index is 0.0313. The number of nitrogens with two attached hydrogens (primary N) is 1. The number of hydrogen-bond acceptors (Lipinski definition) is 2. The maximum atomic E-state index is 12.0. The summed E-state index contributed by atoms with van der Waals surface area (Å²) in [5, 5.41) is 0. The van der Waals surface area contributed by atoms with Crippen LogP contribution in [0.25, 0.3) is 0 Å². The molecule has 1 aliphatic rings. The van der Waals surface area contributed by atoms with Crippen LogP contribution in [-0.2, 0) is 4.79 Å².